The highest BCUT2D eigenvalue weighted by Gasteiger charge is 2.44. The lowest BCUT2D eigenvalue weighted by molar-refractivity contribution is -0.112. The predicted molar refractivity (Wildman–Crippen MR) is 61.5 cm³/mol. The number of carbonyl (C=O) groups is 1. The van der Waals surface area contributed by atoms with Crippen LogP contribution in [0.3, 0.4) is 0 Å². The summed E-state index contributed by atoms with van der Waals surface area (Å²) in [5, 5.41) is 10.6. The Morgan fingerprint density at radius 3 is 2.60 bits per heavy atom. The Kier molecular flexibility index (Phi) is 3.19. The summed E-state index contributed by atoms with van der Waals surface area (Å²) in [6.07, 6.45) is 7.08. The molecule has 1 N–H and O–H groups in total. The van der Waals surface area contributed by atoms with Crippen LogP contribution in [0.4, 0.5) is 0 Å². The largest absolute Gasteiger partial charge is 0.381 e. The molecule has 0 saturated heterocycles. The van der Waals surface area contributed by atoms with E-state index in [1.54, 1.807) is 6.08 Å². The Morgan fingerprint density at radius 1 is 1.53 bits per heavy atom. The second-order valence-electron chi connectivity index (χ2n) is 5.02. The fraction of sp³-hybridized carbons (Fsp3) is 0.615. The summed E-state index contributed by atoms with van der Waals surface area (Å²) in [4.78, 5) is 10.9. The number of hydrogen-bond acceptors (Lipinski definition) is 2. The number of rotatable bonds is 2. The van der Waals surface area contributed by atoms with Gasteiger partial charge in [-0.05, 0) is 44.4 Å². The van der Waals surface area contributed by atoms with Crippen molar-refractivity contribution in [2.24, 2.45) is 5.41 Å². The van der Waals surface area contributed by atoms with Crippen molar-refractivity contribution in [3.63, 3.8) is 0 Å². The van der Waals surface area contributed by atoms with Gasteiger partial charge >= 0.3 is 0 Å². The van der Waals surface area contributed by atoms with Gasteiger partial charge in [-0.3, -0.25) is 4.79 Å². The lowest BCUT2D eigenvalue weighted by Crippen LogP contribution is -2.46. The third kappa shape index (κ3) is 2.20. The topological polar surface area (TPSA) is 37.3 Å². The molecule has 1 rings (SSSR count). The lowest BCUT2D eigenvalue weighted by Gasteiger charge is -2.44. The van der Waals surface area contributed by atoms with Crippen molar-refractivity contribution in [1.82, 2.24) is 0 Å². The smallest absolute Gasteiger partial charge is 0.152 e. The van der Waals surface area contributed by atoms with Crippen molar-refractivity contribution in [2.75, 3.05) is 0 Å². The molecule has 1 aliphatic carbocycles. The average Bonchev–Trinajstić information content (AvgIpc) is 2.11. The summed E-state index contributed by atoms with van der Waals surface area (Å²) < 4.78 is 0. The van der Waals surface area contributed by atoms with E-state index < -0.39 is 5.60 Å². The van der Waals surface area contributed by atoms with Crippen LogP contribution in [0.1, 0.15) is 40.5 Å². The average molecular weight is 208 g/mol. The van der Waals surface area contributed by atoms with Gasteiger partial charge in [-0.2, -0.15) is 0 Å². The minimum absolute atomic E-state index is 0.0300. The standard InChI is InChI=1S/C13H20O2/c1-10-6-5-8-12(3,4)13(10,15)9-7-11(2)14/h6-7,9,15H,5,8H2,1-4H3. The minimum atomic E-state index is -0.975. The molecule has 2 nitrogen and oxygen atoms in total. The Balaban J connectivity index is 3.10. The molecule has 0 aromatic rings. The Hall–Kier alpha value is -0.890. The fourth-order valence-corrected chi connectivity index (χ4v) is 2.12. The highest BCUT2D eigenvalue weighted by atomic mass is 16.3. The molecule has 1 aliphatic rings. The molecule has 0 radical (unpaired) electrons. The van der Waals surface area contributed by atoms with Gasteiger partial charge in [0.1, 0.15) is 5.60 Å². The second-order valence-corrected chi connectivity index (χ2v) is 5.02. The minimum Gasteiger partial charge on any atom is -0.381 e. The summed E-state index contributed by atoms with van der Waals surface area (Å²) >= 11 is 0. The first-order valence-corrected chi connectivity index (χ1v) is 5.39. The normalized spacial score (nSPS) is 30.3. The Labute approximate surface area is 91.7 Å². The lowest BCUT2D eigenvalue weighted by atomic mass is 9.65. The number of aliphatic hydroxyl groups is 1. The van der Waals surface area contributed by atoms with E-state index in [0.717, 1.165) is 18.4 Å². The summed E-state index contributed by atoms with van der Waals surface area (Å²) in [7, 11) is 0. The summed E-state index contributed by atoms with van der Waals surface area (Å²) in [6, 6.07) is 0. The van der Waals surface area contributed by atoms with E-state index in [2.05, 4.69) is 6.08 Å². The van der Waals surface area contributed by atoms with Crippen LogP contribution in [0, 0.1) is 5.41 Å². The third-order valence-electron chi connectivity index (χ3n) is 3.41. The molecule has 1 unspecified atom stereocenters. The molecule has 15 heavy (non-hydrogen) atoms. The van der Waals surface area contributed by atoms with Gasteiger partial charge in [-0.15, -0.1) is 0 Å². The van der Waals surface area contributed by atoms with Crippen LogP contribution >= 0.6 is 0 Å². The number of carbonyl (C=O) groups excluding carboxylic acids is 1. The van der Waals surface area contributed by atoms with Gasteiger partial charge < -0.3 is 5.11 Å². The van der Waals surface area contributed by atoms with Crippen LogP contribution in [0.5, 0.6) is 0 Å². The SMILES string of the molecule is CC(=O)C=CC1(O)C(C)=CCCC1(C)C. The zero-order chi connectivity index (χ0) is 11.7. The second kappa shape index (κ2) is 3.93. The Bertz CT molecular complexity index is 323. The van der Waals surface area contributed by atoms with Gasteiger partial charge in [-0.25, -0.2) is 0 Å². The van der Waals surface area contributed by atoms with Crippen LogP contribution in [0.15, 0.2) is 23.8 Å². The monoisotopic (exact) mass is 208 g/mol. The molecular formula is C13H20O2. The van der Waals surface area contributed by atoms with Crippen molar-refractivity contribution >= 4 is 5.78 Å². The maximum absolute atomic E-state index is 10.9. The molecule has 0 aromatic heterocycles. The van der Waals surface area contributed by atoms with Gasteiger partial charge in [0.05, 0.1) is 0 Å². The molecule has 0 saturated carbocycles. The molecule has 84 valence electrons. The van der Waals surface area contributed by atoms with Gasteiger partial charge in [0.15, 0.2) is 5.78 Å². The number of hydrogen-bond donors (Lipinski definition) is 1. The van der Waals surface area contributed by atoms with Crippen LogP contribution < -0.4 is 0 Å². The van der Waals surface area contributed by atoms with Crippen LogP contribution in [0.25, 0.3) is 0 Å². The van der Waals surface area contributed by atoms with E-state index in [9.17, 15) is 9.90 Å². The molecule has 2 heteroatoms. The van der Waals surface area contributed by atoms with Gasteiger partial charge in [0.25, 0.3) is 0 Å². The molecule has 0 heterocycles. The number of allylic oxidation sites excluding steroid dienone is 2. The molecule has 0 bridgehead atoms. The van der Waals surface area contributed by atoms with E-state index in [0.29, 0.717) is 0 Å². The zero-order valence-electron chi connectivity index (χ0n) is 10.0. The molecule has 1 atom stereocenters. The van der Waals surface area contributed by atoms with Crippen molar-refractivity contribution in [2.45, 2.75) is 46.1 Å². The molecule has 0 aromatic carbocycles. The van der Waals surface area contributed by atoms with Crippen molar-refractivity contribution < 1.29 is 9.90 Å². The molecule has 0 aliphatic heterocycles. The first-order chi connectivity index (χ1) is 6.79. The zero-order valence-corrected chi connectivity index (χ0v) is 10.0. The summed E-state index contributed by atoms with van der Waals surface area (Å²) in [5.74, 6) is -0.0300. The predicted octanol–water partition coefficient (Wildman–Crippen LogP) is 2.63. The Morgan fingerprint density at radius 2 is 2.13 bits per heavy atom. The first-order valence-electron chi connectivity index (χ1n) is 5.39. The molecule has 0 amide bonds. The highest BCUT2D eigenvalue weighted by molar-refractivity contribution is 5.87. The first kappa shape index (κ1) is 12.2. The van der Waals surface area contributed by atoms with Crippen molar-refractivity contribution in [3.8, 4) is 0 Å². The van der Waals surface area contributed by atoms with E-state index in [1.165, 1.54) is 13.0 Å². The maximum atomic E-state index is 10.9. The maximum Gasteiger partial charge on any atom is 0.152 e. The van der Waals surface area contributed by atoms with E-state index in [1.807, 2.05) is 20.8 Å². The molecule has 0 fully saturated rings. The van der Waals surface area contributed by atoms with Gasteiger partial charge in [0.2, 0.25) is 0 Å². The third-order valence-corrected chi connectivity index (χ3v) is 3.41. The van der Waals surface area contributed by atoms with Crippen molar-refractivity contribution in [3.05, 3.63) is 23.8 Å². The number of ketones is 1. The summed E-state index contributed by atoms with van der Waals surface area (Å²) in [5.41, 5.74) is -0.245. The molecule has 0 spiro atoms. The quantitative estimate of drug-likeness (QED) is 0.559. The highest BCUT2D eigenvalue weighted by Crippen LogP contribution is 2.44. The summed E-state index contributed by atoms with van der Waals surface area (Å²) in [6.45, 7) is 7.49. The van der Waals surface area contributed by atoms with E-state index in [-0.39, 0.29) is 11.2 Å². The van der Waals surface area contributed by atoms with Crippen LogP contribution in [0.2, 0.25) is 0 Å². The molecular weight excluding hydrogens is 188 g/mol. The van der Waals surface area contributed by atoms with Crippen LogP contribution in [-0.4, -0.2) is 16.5 Å². The van der Waals surface area contributed by atoms with Gasteiger partial charge in [-0.1, -0.05) is 19.9 Å². The van der Waals surface area contributed by atoms with E-state index >= 15 is 0 Å². The van der Waals surface area contributed by atoms with Crippen molar-refractivity contribution in [1.29, 1.82) is 0 Å². The van der Waals surface area contributed by atoms with E-state index in [4.69, 9.17) is 0 Å². The van der Waals surface area contributed by atoms with Gasteiger partial charge in [0, 0.05) is 5.41 Å². The van der Waals surface area contributed by atoms with Crippen LogP contribution in [-0.2, 0) is 4.79 Å². The fourth-order valence-electron chi connectivity index (χ4n) is 2.12.